The van der Waals surface area contributed by atoms with Crippen LogP contribution in [-0.2, 0) is 4.79 Å². The minimum atomic E-state index is -0.413. The molecule has 1 amide bonds. The molecular formula is C19H21BrN2O4. The molecule has 7 heteroatoms. The van der Waals surface area contributed by atoms with Crippen molar-refractivity contribution in [1.82, 2.24) is 5.43 Å². The summed E-state index contributed by atoms with van der Waals surface area (Å²) in [6.07, 6.45) is 1.34. The molecule has 0 radical (unpaired) electrons. The zero-order valence-corrected chi connectivity index (χ0v) is 16.4. The summed E-state index contributed by atoms with van der Waals surface area (Å²) in [5, 5.41) is 13.8. The molecule has 0 atom stereocenters. The molecule has 0 saturated carbocycles. The van der Waals surface area contributed by atoms with Gasteiger partial charge in [-0.05, 0) is 51.7 Å². The molecular weight excluding hydrogens is 400 g/mol. The minimum Gasteiger partial charge on any atom is -0.504 e. The fraction of sp³-hybridized carbons (Fsp3) is 0.263. The summed E-state index contributed by atoms with van der Waals surface area (Å²) in [5.74, 6) is 0.866. The minimum absolute atomic E-state index is 0.0431. The summed E-state index contributed by atoms with van der Waals surface area (Å²) in [4.78, 5) is 11.8. The fourth-order valence-electron chi connectivity index (χ4n) is 2.15. The van der Waals surface area contributed by atoms with Gasteiger partial charge in [-0.25, -0.2) is 5.43 Å². The van der Waals surface area contributed by atoms with Crippen LogP contribution in [0.4, 0.5) is 0 Å². The molecule has 2 N–H and O–H groups in total. The van der Waals surface area contributed by atoms with E-state index in [0.717, 1.165) is 4.47 Å². The molecule has 138 valence electrons. The van der Waals surface area contributed by atoms with Crippen LogP contribution in [0.1, 0.15) is 30.9 Å². The predicted octanol–water partition coefficient (Wildman–Crippen LogP) is 3.82. The summed E-state index contributed by atoms with van der Waals surface area (Å²) in [7, 11) is 1.46. The number of hydrazone groups is 1. The van der Waals surface area contributed by atoms with E-state index in [1.807, 2.05) is 18.2 Å². The van der Waals surface area contributed by atoms with E-state index in [1.54, 1.807) is 18.2 Å². The Morgan fingerprint density at radius 1 is 1.31 bits per heavy atom. The molecule has 0 fully saturated rings. The Kier molecular flexibility index (Phi) is 7.03. The summed E-state index contributed by atoms with van der Waals surface area (Å²) in [6.45, 7) is 4.03. The Bertz CT molecular complexity index is 806. The number of hydrogen-bond acceptors (Lipinski definition) is 5. The molecule has 0 heterocycles. The quantitative estimate of drug-likeness (QED) is 0.526. The first-order valence-corrected chi connectivity index (χ1v) is 8.81. The van der Waals surface area contributed by atoms with Crippen LogP contribution >= 0.6 is 15.9 Å². The standard InChI is InChI=1S/C19H21BrN2O4/c1-12(2)13-7-8-16(15(20)9-13)26-11-18(23)22-21-10-14-5-4-6-17(25-3)19(14)24/h4-10,12,24H,11H2,1-3H3,(H,22,23)/b21-10+. The number of nitrogens with zero attached hydrogens (tertiary/aromatic N) is 1. The largest absolute Gasteiger partial charge is 0.504 e. The van der Waals surface area contributed by atoms with Crippen molar-refractivity contribution < 1.29 is 19.4 Å². The molecule has 0 bridgehead atoms. The first kappa shape index (κ1) is 19.8. The Balaban J connectivity index is 1.90. The number of phenols is 1. The summed E-state index contributed by atoms with van der Waals surface area (Å²) >= 11 is 3.44. The molecule has 2 rings (SSSR count). The van der Waals surface area contributed by atoms with Gasteiger partial charge in [0, 0.05) is 5.56 Å². The van der Waals surface area contributed by atoms with Gasteiger partial charge < -0.3 is 14.6 Å². The van der Waals surface area contributed by atoms with Crippen LogP contribution in [0.5, 0.6) is 17.2 Å². The lowest BCUT2D eigenvalue weighted by atomic mass is 10.0. The third kappa shape index (κ3) is 5.23. The Labute approximate surface area is 161 Å². The lowest BCUT2D eigenvalue weighted by Gasteiger charge is -2.10. The van der Waals surface area contributed by atoms with Crippen LogP contribution in [0.15, 0.2) is 46.0 Å². The van der Waals surface area contributed by atoms with Gasteiger partial charge >= 0.3 is 0 Å². The summed E-state index contributed by atoms with van der Waals surface area (Å²) in [6, 6.07) is 10.8. The van der Waals surface area contributed by atoms with Crippen LogP contribution in [0.25, 0.3) is 0 Å². The van der Waals surface area contributed by atoms with Crippen LogP contribution in [0, 0.1) is 0 Å². The van der Waals surface area contributed by atoms with E-state index in [0.29, 0.717) is 23.0 Å². The van der Waals surface area contributed by atoms with E-state index in [1.165, 1.54) is 18.9 Å². The van der Waals surface area contributed by atoms with Crippen molar-refractivity contribution in [3.8, 4) is 17.2 Å². The van der Waals surface area contributed by atoms with E-state index in [4.69, 9.17) is 9.47 Å². The number of methoxy groups -OCH3 is 1. The number of phenolic OH excluding ortho intramolecular Hbond substituents is 1. The maximum atomic E-state index is 11.8. The lowest BCUT2D eigenvalue weighted by Crippen LogP contribution is -2.24. The van der Waals surface area contributed by atoms with Crippen molar-refractivity contribution in [2.24, 2.45) is 5.10 Å². The van der Waals surface area contributed by atoms with Crippen molar-refractivity contribution in [2.45, 2.75) is 19.8 Å². The van der Waals surface area contributed by atoms with E-state index in [-0.39, 0.29) is 12.4 Å². The second-order valence-corrected chi connectivity index (χ2v) is 6.68. The van der Waals surface area contributed by atoms with Gasteiger partial charge in [-0.3, -0.25) is 4.79 Å². The number of carbonyl (C=O) groups is 1. The van der Waals surface area contributed by atoms with Gasteiger partial charge in [0.1, 0.15) is 5.75 Å². The molecule has 2 aromatic rings. The van der Waals surface area contributed by atoms with Crippen molar-refractivity contribution >= 4 is 28.1 Å². The number of amides is 1. The SMILES string of the molecule is COc1cccc(/C=N/NC(=O)COc2ccc(C(C)C)cc2Br)c1O. The molecule has 0 spiro atoms. The van der Waals surface area contributed by atoms with E-state index in [2.05, 4.69) is 40.3 Å². The molecule has 0 saturated heterocycles. The number of para-hydroxylation sites is 1. The third-order valence-electron chi connectivity index (χ3n) is 3.62. The van der Waals surface area contributed by atoms with Gasteiger partial charge in [0.05, 0.1) is 17.8 Å². The second kappa shape index (κ2) is 9.24. The average Bonchev–Trinajstić information content (AvgIpc) is 2.62. The molecule has 2 aromatic carbocycles. The predicted molar refractivity (Wildman–Crippen MR) is 104 cm³/mol. The monoisotopic (exact) mass is 420 g/mol. The highest BCUT2D eigenvalue weighted by molar-refractivity contribution is 9.10. The molecule has 6 nitrogen and oxygen atoms in total. The van der Waals surface area contributed by atoms with Gasteiger partial charge in [0.2, 0.25) is 0 Å². The molecule has 0 aliphatic carbocycles. The van der Waals surface area contributed by atoms with Gasteiger partial charge in [-0.1, -0.05) is 26.0 Å². The third-order valence-corrected chi connectivity index (χ3v) is 4.24. The van der Waals surface area contributed by atoms with Crippen molar-refractivity contribution in [2.75, 3.05) is 13.7 Å². The zero-order valence-electron chi connectivity index (χ0n) is 14.8. The first-order chi connectivity index (χ1) is 12.4. The normalized spacial score (nSPS) is 11.0. The number of benzene rings is 2. The first-order valence-electron chi connectivity index (χ1n) is 8.02. The lowest BCUT2D eigenvalue weighted by molar-refractivity contribution is -0.123. The maximum absolute atomic E-state index is 11.8. The second-order valence-electron chi connectivity index (χ2n) is 5.82. The summed E-state index contributed by atoms with van der Waals surface area (Å²) in [5.41, 5.74) is 3.96. The highest BCUT2D eigenvalue weighted by atomic mass is 79.9. The van der Waals surface area contributed by atoms with Crippen LogP contribution in [0.2, 0.25) is 0 Å². The highest BCUT2D eigenvalue weighted by Gasteiger charge is 2.08. The number of carbonyl (C=O) groups excluding carboxylic acids is 1. The molecule has 0 unspecified atom stereocenters. The maximum Gasteiger partial charge on any atom is 0.277 e. The van der Waals surface area contributed by atoms with Crippen molar-refractivity contribution in [3.05, 3.63) is 52.0 Å². The Morgan fingerprint density at radius 2 is 2.08 bits per heavy atom. The van der Waals surface area contributed by atoms with Crippen LogP contribution < -0.4 is 14.9 Å². The summed E-state index contributed by atoms with van der Waals surface area (Å²) < 4.78 is 11.3. The Morgan fingerprint density at radius 3 is 2.73 bits per heavy atom. The van der Waals surface area contributed by atoms with Gasteiger partial charge in [-0.15, -0.1) is 0 Å². The number of ether oxygens (including phenoxy) is 2. The van der Waals surface area contributed by atoms with Gasteiger partial charge in [0.15, 0.2) is 18.1 Å². The van der Waals surface area contributed by atoms with E-state index in [9.17, 15) is 9.90 Å². The van der Waals surface area contributed by atoms with E-state index >= 15 is 0 Å². The van der Waals surface area contributed by atoms with Gasteiger partial charge in [0.25, 0.3) is 5.91 Å². The number of aromatic hydroxyl groups is 1. The average molecular weight is 421 g/mol. The molecule has 26 heavy (non-hydrogen) atoms. The number of nitrogens with one attached hydrogen (secondary N) is 1. The van der Waals surface area contributed by atoms with Crippen molar-refractivity contribution in [3.63, 3.8) is 0 Å². The number of hydrogen-bond donors (Lipinski definition) is 2. The topological polar surface area (TPSA) is 80.2 Å². The molecule has 0 aliphatic rings. The van der Waals surface area contributed by atoms with Crippen molar-refractivity contribution in [1.29, 1.82) is 0 Å². The zero-order chi connectivity index (χ0) is 19.1. The molecule has 0 aromatic heterocycles. The highest BCUT2D eigenvalue weighted by Crippen LogP contribution is 2.29. The smallest absolute Gasteiger partial charge is 0.277 e. The Hall–Kier alpha value is -2.54. The number of rotatable bonds is 7. The van der Waals surface area contributed by atoms with Gasteiger partial charge in [-0.2, -0.15) is 5.10 Å². The van der Waals surface area contributed by atoms with Crippen LogP contribution in [-0.4, -0.2) is 30.9 Å². The fourth-order valence-corrected chi connectivity index (χ4v) is 2.66. The molecule has 0 aliphatic heterocycles. The number of halogens is 1. The van der Waals surface area contributed by atoms with Crippen LogP contribution in [0.3, 0.4) is 0 Å². The van der Waals surface area contributed by atoms with E-state index < -0.39 is 5.91 Å².